The quantitative estimate of drug-likeness (QED) is 0.866. The zero-order valence-electron chi connectivity index (χ0n) is 11.8. The third-order valence-corrected chi connectivity index (χ3v) is 2.82. The van der Waals surface area contributed by atoms with E-state index in [2.05, 4.69) is 5.32 Å². The first-order valence-corrected chi connectivity index (χ1v) is 6.25. The summed E-state index contributed by atoms with van der Waals surface area (Å²) in [6.45, 7) is 9.73. The second-order valence-electron chi connectivity index (χ2n) is 5.68. The van der Waals surface area contributed by atoms with Gasteiger partial charge < -0.3 is 14.8 Å². The molecule has 1 heterocycles. The first kappa shape index (κ1) is 14.8. The van der Waals surface area contributed by atoms with Crippen molar-refractivity contribution in [1.82, 2.24) is 5.32 Å². The van der Waals surface area contributed by atoms with Gasteiger partial charge in [0.15, 0.2) is 0 Å². The first-order valence-electron chi connectivity index (χ1n) is 6.25. The molecule has 0 saturated heterocycles. The van der Waals surface area contributed by atoms with Gasteiger partial charge in [0.2, 0.25) is 5.91 Å². The molecule has 1 rings (SSSR count). The topological polar surface area (TPSA) is 62.5 Å². The van der Waals surface area contributed by atoms with Crippen molar-refractivity contribution in [2.75, 3.05) is 6.54 Å². The molecular weight excluding hydrogens is 230 g/mol. The fourth-order valence-electron chi connectivity index (χ4n) is 1.72. The Morgan fingerprint density at radius 1 is 1.44 bits per heavy atom. The molecule has 2 N–H and O–H groups in total. The van der Waals surface area contributed by atoms with Crippen LogP contribution in [0.15, 0.2) is 10.5 Å². The Morgan fingerprint density at radius 2 is 2.06 bits per heavy atom. The Bertz CT molecular complexity index is 415. The van der Waals surface area contributed by atoms with Crippen LogP contribution in [0.25, 0.3) is 0 Å². The zero-order chi connectivity index (χ0) is 13.9. The highest BCUT2D eigenvalue weighted by Gasteiger charge is 2.21. The number of hydrogen-bond acceptors (Lipinski definition) is 3. The largest absolute Gasteiger partial charge is 0.466 e. The number of rotatable bonds is 4. The summed E-state index contributed by atoms with van der Waals surface area (Å²) >= 11 is 0. The average Bonchev–Trinajstić information content (AvgIpc) is 2.56. The van der Waals surface area contributed by atoms with Crippen molar-refractivity contribution in [3.8, 4) is 0 Å². The molecule has 1 aromatic heterocycles. The summed E-state index contributed by atoms with van der Waals surface area (Å²) in [4.78, 5) is 11.6. The molecule has 0 spiro atoms. The molecule has 1 amide bonds. The van der Waals surface area contributed by atoms with E-state index in [1.165, 1.54) is 0 Å². The molecule has 0 aromatic carbocycles. The number of furan rings is 1. The number of carbonyl (C=O) groups excluding carboxylic acids is 1. The third-order valence-electron chi connectivity index (χ3n) is 2.82. The molecule has 1 atom stereocenters. The second-order valence-corrected chi connectivity index (χ2v) is 5.68. The van der Waals surface area contributed by atoms with E-state index in [1.54, 1.807) is 0 Å². The molecule has 4 nitrogen and oxygen atoms in total. The molecule has 0 bridgehead atoms. The van der Waals surface area contributed by atoms with Gasteiger partial charge in [-0.3, -0.25) is 4.79 Å². The normalized spacial score (nSPS) is 13.4. The molecule has 0 aliphatic heterocycles. The van der Waals surface area contributed by atoms with E-state index in [1.807, 2.05) is 40.7 Å². The third kappa shape index (κ3) is 3.88. The van der Waals surface area contributed by atoms with Crippen LogP contribution in [0.3, 0.4) is 0 Å². The molecular formula is C14H23NO3. The van der Waals surface area contributed by atoms with Crippen LogP contribution < -0.4 is 5.32 Å². The standard InChI is InChI=1S/C14H23NO3/c1-9-8-11(10(2)18-9)12(16)6-7-15-13(17)14(3,4)5/h8,12,16H,6-7H2,1-5H3,(H,15,17). The Labute approximate surface area is 108 Å². The first-order chi connectivity index (χ1) is 8.21. The summed E-state index contributed by atoms with van der Waals surface area (Å²) in [5.41, 5.74) is 0.408. The molecule has 0 aliphatic rings. The van der Waals surface area contributed by atoms with Gasteiger partial charge in [-0.2, -0.15) is 0 Å². The van der Waals surface area contributed by atoms with Crippen LogP contribution in [-0.4, -0.2) is 17.6 Å². The van der Waals surface area contributed by atoms with Crippen molar-refractivity contribution >= 4 is 5.91 Å². The van der Waals surface area contributed by atoms with Crippen molar-refractivity contribution in [1.29, 1.82) is 0 Å². The van der Waals surface area contributed by atoms with Gasteiger partial charge >= 0.3 is 0 Å². The summed E-state index contributed by atoms with van der Waals surface area (Å²) in [7, 11) is 0. The van der Waals surface area contributed by atoms with Gasteiger partial charge in [0.05, 0.1) is 6.10 Å². The van der Waals surface area contributed by atoms with Gasteiger partial charge in [-0.1, -0.05) is 20.8 Å². The van der Waals surface area contributed by atoms with E-state index in [-0.39, 0.29) is 5.91 Å². The van der Waals surface area contributed by atoms with Gasteiger partial charge in [-0.05, 0) is 26.3 Å². The second kappa shape index (κ2) is 5.57. The Morgan fingerprint density at radius 3 is 2.50 bits per heavy atom. The highest BCUT2D eigenvalue weighted by molar-refractivity contribution is 5.81. The maximum Gasteiger partial charge on any atom is 0.225 e. The highest BCUT2D eigenvalue weighted by atomic mass is 16.3. The van der Waals surface area contributed by atoms with E-state index in [0.29, 0.717) is 13.0 Å². The number of aliphatic hydroxyl groups excluding tert-OH is 1. The Balaban J connectivity index is 2.45. The van der Waals surface area contributed by atoms with E-state index in [9.17, 15) is 9.90 Å². The molecule has 0 saturated carbocycles. The lowest BCUT2D eigenvalue weighted by Gasteiger charge is -2.18. The number of aliphatic hydroxyl groups is 1. The van der Waals surface area contributed by atoms with Gasteiger partial charge in [0.1, 0.15) is 11.5 Å². The maximum atomic E-state index is 11.6. The number of amides is 1. The summed E-state index contributed by atoms with van der Waals surface area (Å²) in [5.74, 6) is 1.53. The van der Waals surface area contributed by atoms with E-state index in [4.69, 9.17) is 4.42 Å². The van der Waals surface area contributed by atoms with Crippen LogP contribution in [0.4, 0.5) is 0 Å². The van der Waals surface area contributed by atoms with Crippen LogP contribution in [-0.2, 0) is 4.79 Å². The molecule has 102 valence electrons. The van der Waals surface area contributed by atoms with Gasteiger partial charge in [-0.25, -0.2) is 0 Å². The van der Waals surface area contributed by atoms with E-state index in [0.717, 1.165) is 17.1 Å². The van der Waals surface area contributed by atoms with Gasteiger partial charge in [0, 0.05) is 17.5 Å². The lowest BCUT2D eigenvalue weighted by atomic mass is 9.95. The molecule has 18 heavy (non-hydrogen) atoms. The molecule has 0 aliphatic carbocycles. The minimum atomic E-state index is -0.595. The van der Waals surface area contributed by atoms with Gasteiger partial charge in [-0.15, -0.1) is 0 Å². The molecule has 0 fully saturated rings. The Hall–Kier alpha value is -1.29. The fraction of sp³-hybridized carbons (Fsp3) is 0.643. The predicted molar refractivity (Wildman–Crippen MR) is 70.2 cm³/mol. The average molecular weight is 253 g/mol. The number of hydrogen-bond donors (Lipinski definition) is 2. The predicted octanol–water partition coefficient (Wildman–Crippen LogP) is 2.48. The SMILES string of the molecule is Cc1cc(C(O)CCNC(=O)C(C)(C)C)c(C)o1. The molecule has 0 radical (unpaired) electrons. The van der Waals surface area contributed by atoms with Crippen molar-refractivity contribution in [3.05, 3.63) is 23.2 Å². The smallest absolute Gasteiger partial charge is 0.225 e. The van der Waals surface area contributed by atoms with E-state index < -0.39 is 11.5 Å². The highest BCUT2D eigenvalue weighted by Crippen LogP contribution is 2.23. The van der Waals surface area contributed by atoms with Crippen molar-refractivity contribution in [2.24, 2.45) is 5.41 Å². The lowest BCUT2D eigenvalue weighted by molar-refractivity contribution is -0.128. The minimum absolute atomic E-state index is 0.00482. The maximum absolute atomic E-state index is 11.6. The monoisotopic (exact) mass is 253 g/mol. The fourth-order valence-corrected chi connectivity index (χ4v) is 1.72. The van der Waals surface area contributed by atoms with Crippen LogP contribution in [0, 0.1) is 19.3 Å². The van der Waals surface area contributed by atoms with Crippen molar-refractivity contribution < 1.29 is 14.3 Å². The molecule has 1 aromatic rings. The van der Waals surface area contributed by atoms with Crippen LogP contribution in [0.1, 0.15) is 50.4 Å². The minimum Gasteiger partial charge on any atom is -0.466 e. The molecule has 1 unspecified atom stereocenters. The number of aryl methyl sites for hydroxylation is 2. The number of carbonyl (C=O) groups is 1. The summed E-state index contributed by atoms with van der Waals surface area (Å²) in [5, 5.41) is 12.8. The summed E-state index contributed by atoms with van der Waals surface area (Å²) < 4.78 is 5.37. The zero-order valence-corrected chi connectivity index (χ0v) is 11.8. The van der Waals surface area contributed by atoms with Gasteiger partial charge in [0.25, 0.3) is 0 Å². The van der Waals surface area contributed by atoms with E-state index >= 15 is 0 Å². The van der Waals surface area contributed by atoms with Crippen molar-refractivity contribution in [2.45, 2.75) is 47.1 Å². The van der Waals surface area contributed by atoms with Crippen LogP contribution in [0.2, 0.25) is 0 Å². The number of nitrogens with one attached hydrogen (secondary N) is 1. The summed E-state index contributed by atoms with van der Waals surface area (Å²) in [6.07, 6.45) is -0.107. The van der Waals surface area contributed by atoms with Crippen LogP contribution in [0.5, 0.6) is 0 Å². The molecule has 4 heteroatoms. The van der Waals surface area contributed by atoms with Crippen LogP contribution >= 0.6 is 0 Å². The lowest BCUT2D eigenvalue weighted by Crippen LogP contribution is -2.35. The summed E-state index contributed by atoms with van der Waals surface area (Å²) in [6, 6.07) is 1.84. The Kier molecular flexibility index (Phi) is 4.57. The van der Waals surface area contributed by atoms with Crippen molar-refractivity contribution in [3.63, 3.8) is 0 Å².